The quantitative estimate of drug-likeness (QED) is 0.685. The lowest BCUT2D eigenvalue weighted by Gasteiger charge is -2.04. The summed E-state index contributed by atoms with van der Waals surface area (Å²) in [5.74, 6) is -1.41. The molecule has 5 heteroatoms. The number of nitrogens with zero attached hydrogens (tertiary/aromatic N) is 2. The van der Waals surface area contributed by atoms with E-state index in [9.17, 15) is 9.18 Å². The molecule has 0 bridgehead atoms. The smallest absolute Gasteiger partial charge is 0.358 e. The van der Waals surface area contributed by atoms with Gasteiger partial charge in [0.25, 0.3) is 0 Å². The molecule has 0 fully saturated rings. The highest BCUT2D eigenvalue weighted by molar-refractivity contribution is 5.88. The molecule has 0 aliphatic carbocycles. The fourth-order valence-corrected chi connectivity index (χ4v) is 1.07. The molecule has 1 rings (SSSR count). The Morgan fingerprint density at radius 3 is 3.07 bits per heavy atom. The molecular formula is C9H9FN2O2. The van der Waals surface area contributed by atoms with E-state index in [1.807, 2.05) is 6.07 Å². The van der Waals surface area contributed by atoms with Crippen LogP contribution in [0.2, 0.25) is 0 Å². The number of carbonyl (C=O) groups is 1. The van der Waals surface area contributed by atoms with E-state index >= 15 is 0 Å². The van der Waals surface area contributed by atoms with Crippen LogP contribution in [0.15, 0.2) is 12.3 Å². The first-order chi connectivity index (χ1) is 6.70. The zero-order valence-corrected chi connectivity index (χ0v) is 7.66. The summed E-state index contributed by atoms with van der Waals surface area (Å²) in [4.78, 5) is 11.2. The van der Waals surface area contributed by atoms with Crippen molar-refractivity contribution in [3.63, 3.8) is 0 Å². The molecule has 0 N–H and O–H groups in total. The molecule has 4 nitrogen and oxygen atoms in total. The van der Waals surface area contributed by atoms with Crippen LogP contribution in [0, 0.1) is 17.1 Å². The van der Waals surface area contributed by atoms with Crippen LogP contribution in [0.4, 0.5) is 4.39 Å². The number of halogens is 1. The maximum Gasteiger partial charge on any atom is 0.358 e. The van der Waals surface area contributed by atoms with Crippen molar-refractivity contribution < 1.29 is 13.9 Å². The molecule has 0 unspecified atom stereocenters. The Kier molecular flexibility index (Phi) is 3.24. The Bertz CT molecular complexity index is 379. The number of esters is 1. The monoisotopic (exact) mass is 196 g/mol. The minimum Gasteiger partial charge on any atom is -0.461 e. The van der Waals surface area contributed by atoms with Gasteiger partial charge in [0.05, 0.1) is 12.7 Å². The van der Waals surface area contributed by atoms with E-state index in [-0.39, 0.29) is 18.8 Å². The van der Waals surface area contributed by atoms with Crippen molar-refractivity contribution in [2.24, 2.45) is 0 Å². The van der Waals surface area contributed by atoms with E-state index in [4.69, 9.17) is 5.26 Å². The summed E-state index contributed by atoms with van der Waals surface area (Å²) in [5, 5.41) is 8.42. The Hall–Kier alpha value is -1.83. The summed E-state index contributed by atoms with van der Waals surface area (Å²) in [6.07, 6.45) is 1.34. The van der Waals surface area contributed by atoms with Crippen molar-refractivity contribution in [2.75, 3.05) is 6.61 Å². The summed E-state index contributed by atoms with van der Waals surface area (Å²) < 4.78 is 18.9. The molecule has 0 radical (unpaired) electrons. The molecule has 0 atom stereocenters. The Balaban J connectivity index is 2.99. The second kappa shape index (κ2) is 4.42. The van der Waals surface area contributed by atoms with Gasteiger partial charge in [0.1, 0.15) is 6.54 Å². The summed E-state index contributed by atoms with van der Waals surface area (Å²) in [5.41, 5.74) is -0.201. The Morgan fingerprint density at radius 1 is 1.79 bits per heavy atom. The molecule has 0 aliphatic heterocycles. The lowest BCUT2D eigenvalue weighted by Crippen LogP contribution is -2.13. The first-order valence-electron chi connectivity index (χ1n) is 4.09. The van der Waals surface area contributed by atoms with Crippen LogP contribution in [-0.2, 0) is 11.3 Å². The summed E-state index contributed by atoms with van der Waals surface area (Å²) in [7, 11) is 0. The van der Waals surface area contributed by atoms with Crippen molar-refractivity contribution in [1.29, 1.82) is 5.26 Å². The van der Waals surface area contributed by atoms with Crippen molar-refractivity contribution in [1.82, 2.24) is 4.57 Å². The SMILES string of the molecule is CCOC(=O)c1c(F)ccn1CC#N. The number of aromatic nitrogens is 1. The third-order valence-corrected chi connectivity index (χ3v) is 1.62. The van der Waals surface area contributed by atoms with E-state index in [0.717, 1.165) is 6.07 Å². The standard InChI is InChI=1S/C9H9FN2O2/c1-2-14-9(13)8-7(10)3-5-12(8)6-4-11/h3,5H,2,6H2,1H3. The van der Waals surface area contributed by atoms with E-state index in [1.165, 1.54) is 10.8 Å². The summed E-state index contributed by atoms with van der Waals surface area (Å²) >= 11 is 0. The zero-order chi connectivity index (χ0) is 10.6. The van der Waals surface area contributed by atoms with Crippen LogP contribution >= 0.6 is 0 Å². The lowest BCUT2D eigenvalue weighted by molar-refractivity contribution is 0.0509. The maximum absolute atomic E-state index is 13.1. The predicted molar refractivity (Wildman–Crippen MR) is 46.0 cm³/mol. The zero-order valence-electron chi connectivity index (χ0n) is 7.66. The van der Waals surface area contributed by atoms with Gasteiger partial charge in [-0.3, -0.25) is 0 Å². The first-order valence-corrected chi connectivity index (χ1v) is 4.09. The van der Waals surface area contributed by atoms with Crippen LogP contribution in [-0.4, -0.2) is 17.1 Å². The van der Waals surface area contributed by atoms with Crippen LogP contribution in [0.3, 0.4) is 0 Å². The molecule has 0 spiro atoms. The average molecular weight is 196 g/mol. The number of nitriles is 1. The third-order valence-electron chi connectivity index (χ3n) is 1.62. The topological polar surface area (TPSA) is 55.0 Å². The van der Waals surface area contributed by atoms with Gasteiger partial charge < -0.3 is 9.30 Å². The van der Waals surface area contributed by atoms with Crippen molar-refractivity contribution in [3.8, 4) is 6.07 Å². The van der Waals surface area contributed by atoms with Crippen molar-refractivity contribution in [3.05, 3.63) is 23.8 Å². The largest absolute Gasteiger partial charge is 0.461 e. The Labute approximate surface area is 80.5 Å². The number of rotatable bonds is 3. The van der Waals surface area contributed by atoms with Gasteiger partial charge in [-0.15, -0.1) is 0 Å². The van der Waals surface area contributed by atoms with Crippen LogP contribution in [0.25, 0.3) is 0 Å². The van der Waals surface area contributed by atoms with Crippen LogP contribution in [0.5, 0.6) is 0 Å². The van der Waals surface area contributed by atoms with E-state index in [1.54, 1.807) is 6.92 Å². The maximum atomic E-state index is 13.1. The fourth-order valence-electron chi connectivity index (χ4n) is 1.07. The highest BCUT2D eigenvalue weighted by Gasteiger charge is 2.17. The number of hydrogen-bond acceptors (Lipinski definition) is 3. The van der Waals surface area contributed by atoms with Crippen molar-refractivity contribution >= 4 is 5.97 Å². The molecule has 0 amide bonds. The highest BCUT2D eigenvalue weighted by atomic mass is 19.1. The number of carbonyl (C=O) groups excluding carboxylic acids is 1. The molecular weight excluding hydrogens is 187 g/mol. The van der Waals surface area contributed by atoms with Gasteiger partial charge in [-0.05, 0) is 13.0 Å². The van der Waals surface area contributed by atoms with E-state index < -0.39 is 11.8 Å². The van der Waals surface area contributed by atoms with Crippen LogP contribution in [0.1, 0.15) is 17.4 Å². The molecule has 0 aliphatic rings. The van der Waals surface area contributed by atoms with Gasteiger partial charge in [0, 0.05) is 6.20 Å². The fraction of sp³-hybridized carbons (Fsp3) is 0.333. The van der Waals surface area contributed by atoms with Gasteiger partial charge in [-0.2, -0.15) is 5.26 Å². The minimum atomic E-state index is -0.745. The Morgan fingerprint density at radius 2 is 2.50 bits per heavy atom. The lowest BCUT2D eigenvalue weighted by atomic mass is 10.4. The molecule has 14 heavy (non-hydrogen) atoms. The van der Waals surface area contributed by atoms with Gasteiger partial charge in [-0.25, -0.2) is 9.18 Å². The molecule has 1 heterocycles. The van der Waals surface area contributed by atoms with Gasteiger partial charge in [-0.1, -0.05) is 0 Å². The number of hydrogen-bond donors (Lipinski definition) is 0. The predicted octanol–water partition coefficient (Wildman–Crippen LogP) is 1.33. The second-order valence-corrected chi connectivity index (χ2v) is 2.52. The molecule has 0 saturated heterocycles. The third kappa shape index (κ3) is 1.91. The van der Waals surface area contributed by atoms with Gasteiger partial charge >= 0.3 is 5.97 Å². The average Bonchev–Trinajstić information content (AvgIpc) is 2.48. The van der Waals surface area contributed by atoms with E-state index in [2.05, 4.69) is 4.74 Å². The summed E-state index contributed by atoms with van der Waals surface area (Å²) in [6.45, 7) is 1.74. The molecule has 74 valence electrons. The molecule has 0 aromatic carbocycles. The van der Waals surface area contributed by atoms with Crippen molar-refractivity contribution in [2.45, 2.75) is 13.5 Å². The highest BCUT2D eigenvalue weighted by Crippen LogP contribution is 2.10. The summed E-state index contributed by atoms with van der Waals surface area (Å²) in [6, 6.07) is 2.95. The second-order valence-electron chi connectivity index (χ2n) is 2.52. The minimum absolute atomic E-state index is 0.0714. The van der Waals surface area contributed by atoms with Crippen LogP contribution < -0.4 is 0 Å². The first kappa shape index (κ1) is 10.3. The normalized spacial score (nSPS) is 9.50. The number of ether oxygens (including phenoxy) is 1. The molecule has 1 aromatic heterocycles. The molecule has 0 saturated carbocycles. The van der Waals surface area contributed by atoms with Gasteiger partial charge in [0.15, 0.2) is 11.5 Å². The van der Waals surface area contributed by atoms with Gasteiger partial charge in [0.2, 0.25) is 0 Å². The molecule has 1 aromatic rings. The van der Waals surface area contributed by atoms with E-state index in [0.29, 0.717) is 0 Å².